The molecule has 5 heteroatoms. The van der Waals surface area contributed by atoms with E-state index in [0.29, 0.717) is 19.6 Å². The summed E-state index contributed by atoms with van der Waals surface area (Å²) < 4.78 is 6.62. The Morgan fingerprint density at radius 3 is 2.83 bits per heavy atom. The molecule has 120 valence electrons. The van der Waals surface area contributed by atoms with Crippen molar-refractivity contribution in [2.75, 3.05) is 6.61 Å². The molecule has 0 aliphatic heterocycles. The molecule has 0 aromatic heterocycles. The average molecular weight is 394 g/mol. The fraction of sp³-hybridized carbons (Fsp3) is 0.278. The van der Waals surface area contributed by atoms with E-state index in [1.807, 2.05) is 36.4 Å². The van der Waals surface area contributed by atoms with Gasteiger partial charge in [-0.15, -0.1) is 0 Å². The third kappa shape index (κ3) is 6.23. The zero-order chi connectivity index (χ0) is 16.5. The lowest BCUT2D eigenvalue weighted by atomic mass is 10.2. The minimum absolute atomic E-state index is 0.523. The smallest absolute Gasteiger partial charge is 0.119 e. The molecule has 3 nitrogen and oxygen atoms in total. The quantitative estimate of drug-likeness (QED) is 0.636. The average Bonchev–Trinajstić information content (AvgIpc) is 2.54. The molecule has 0 bridgehead atoms. The number of ether oxygens (including phenoxy) is 1. The minimum atomic E-state index is 0.523. The van der Waals surface area contributed by atoms with Crippen molar-refractivity contribution in [1.29, 1.82) is 5.26 Å². The fourth-order valence-electron chi connectivity index (χ4n) is 2.09. The maximum atomic E-state index is 8.51. The SMILES string of the molecule is N#CCCCOc1cccc(CNCc2ccc(Br)cc2Cl)c1. The Hall–Kier alpha value is -1.54. The van der Waals surface area contributed by atoms with Gasteiger partial charge in [-0.1, -0.05) is 45.7 Å². The molecule has 2 aromatic carbocycles. The zero-order valence-corrected chi connectivity index (χ0v) is 15.0. The van der Waals surface area contributed by atoms with Crippen LogP contribution in [-0.4, -0.2) is 6.61 Å². The molecule has 1 N–H and O–H groups in total. The van der Waals surface area contributed by atoms with Gasteiger partial charge >= 0.3 is 0 Å². The van der Waals surface area contributed by atoms with Gasteiger partial charge in [0.2, 0.25) is 0 Å². The molecule has 2 rings (SSSR count). The van der Waals surface area contributed by atoms with Crippen molar-refractivity contribution in [2.45, 2.75) is 25.9 Å². The molecular formula is C18H18BrClN2O. The van der Waals surface area contributed by atoms with Crippen LogP contribution in [0.1, 0.15) is 24.0 Å². The van der Waals surface area contributed by atoms with Gasteiger partial charge < -0.3 is 10.1 Å². The van der Waals surface area contributed by atoms with E-state index in [1.165, 1.54) is 0 Å². The lowest BCUT2D eigenvalue weighted by Gasteiger charge is -2.09. The van der Waals surface area contributed by atoms with Crippen molar-refractivity contribution in [2.24, 2.45) is 0 Å². The number of benzene rings is 2. The second kappa shape index (κ2) is 9.57. The lowest BCUT2D eigenvalue weighted by Crippen LogP contribution is -2.13. The van der Waals surface area contributed by atoms with Crippen LogP contribution >= 0.6 is 27.5 Å². The van der Waals surface area contributed by atoms with E-state index in [4.69, 9.17) is 21.6 Å². The third-order valence-corrected chi connectivity index (χ3v) is 4.10. The summed E-state index contributed by atoms with van der Waals surface area (Å²) in [6.07, 6.45) is 1.27. The summed E-state index contributed by atoms with van der Waals surface area (Å²) in [7, 11) is 0. The van der Waals surface area contributed by atoms with E-state index >= 15 is 0 Å². The van der Waals surface area contributed by atoms with Crippen molar-refractivity contribution in [3.63, 3.8) is 0 Å². The molecule has 0 fully saturated rings. The number of nitrogens with one attached hydrogen (secondary N) is 1. The minimum Gasteiger partial charge on any atom is -0.494 e. The molecule has 23 heavy (non-hydrogen) atoms. The van der Waals surface area contributed by atoms with Crippen LogP contribution in [-0.2, 0) is 13.1 Å². The van der Waals surface area contributed by atoms with Gasteiger partial charge in [0.25, 0.3) is 0 Å². The Bertz CT molecular complexity index is 685. The highest BCUT2D eigenvalue weighted by atomic mass is 79.9. The van der Waals surface area contributed by atoms with E-state index in [1.54, 1.807) is 0 Å². The molecule has 0 aliphatic carbocycles. The van der Waals surface area contributed by atoms with E-state index in [2.05, 4.69) is 33.4 Å². The number of hydrogen-bond donors (Lipinski definition) is 1. The predicted molar refractivity (Wildman–Crippen MR) is 96.5 cm³/mol. The summed E-state index contributed by atoms with van der Waals surface area (Å²) in [5.41, 5.74) is 2.22. The second-order valence-electron chi connectivity index (χ2n) is 5.10. The molecule has 2 aromatic rings. The molecule has 0 heterocycles. The van der Waals surface area contributed by atoms with Crippen LogP contribution in [0, 0.1) is 11.3 Å². The van der Waals surface area contributed by atoms with E-state index in [9.17, 15) is 0 Å². The summed E-state index contributed by atoms with van der Waals surface area (Å²) >= 11 is 9.61. The largest absolute Gasteiger partial charge is 0.494 e. The standard InChI is InChI=1S/C18H18BrClN2O/c19-16-7-6-15(18(20)11-16)13-22-12-14-4-3-5-17(10-14)23-9-2-1-8-21/h3-7,10-11,22H,1-2,9,12-13H2. The molecule has 0 radical (unpaired) electrons. The van der Waals surface area contributed by atoms with Gasteiger partial charge in [-0.3, -0.25) is 0 Å². The Kier molecular flexibility index (Phi) is 7.41. The monoisotopic (exact) mass is 392 g/mol. The Labute approximate surface area is 150 Å². The summed E-state index contributed by atoms with van der Waals surface area (Å²) in [5, 5.41) is 12.6. The van der Waals surface area contributed by atoms with Crippen LogP contribution in [0.25, 0.3) is 0 Å². The van der Waals surface area contributed by atoms with Crippen molar-refractivity contribution >= 4 is 27.5 Å². The molecule has 0 atom stereocenters. The summed E-state index contributed by atoms with van der Waals surface area (Å²) in [6, 6.07) is 16.0. The number of rotatable bonds is 8. The van der Waals surface area contributed by atoms with Crippen LogP contribution < -0.4 is 10.1 Å². The molecule has 0 amide bonds. The number of nitrogens with zero attached hydrogens (tertiary/aromatic N) is 1. The zero-order valence-electron chi connectivity index (χ0n) is 12.7. The third-order valence-electron chi connectivity index (χ3n) is 3.26. The number of unbranched alkanes of at least 4 members (excludes halogenated alkanes) is 1. The van der Waals surface area contributed by atoms with Gasteiger partial charge in [-0.05, 0) is 41.8 Å². The van der Waals surface area contributed by atoms with Crippen LogP contribution in [0.15, 0.2) is 46.9 Å². The van der Waals surface area contributed by atoms with Gasteiger partial charge in [-0.2, -0.15) is 5.26 Å². The number of nitriles is 1. The van der Waals surface area contributed by atoms with Crippen molar-refractivity contribution < 1.29 is 4.74 Å². The number of halogens is 2. The maximum Gasteiger partial charge on any atom is 0.119 e. The summed E-state index contributed by atoms with van der Waals surface area (Å²) in [5.74, 6) is 0.837. The lowest BCUT2D eigenvalue weighted by molar-refractivity contribution is 0.312. The molecule has 0 saturated heterocycles. The van der Waals surface area contributed by atoms with Crippen LogP contribution in [0.4, 0.5) is 0 Å². The highest BCUT2D eigenvalue weighted by molar-refractivity contribution is 9.10. The first-order valence-electron chi connectivity index (χ1n) is 7.42. The second-order valence-corrected chi connectivity index (χ2v) is 6.42. The molecule has 0 aliphatic rings. The summed E-state index contributed by atoms with van der Waals surface area (Å²) in [6.45, 7) is 2.01. The number of hydrogen-bond acceptors (Lipinski definition) is 3. The maximum absolute atomic E-state index is 8.51. The Morgan fingerprint density at radius 2 is 2.04 bits per heavy atom. The van der Waals surface area contributed by atoms with Crippen LogP contribution in [0.5, 0.6) is 5.75 Å². The van der Waals surface area contributed by atoms with E-state index in [-0.39, 0.29) is 0 Å². The first-order chi connectivity index (χ1) is 11.2. The first kappa shape index (κ1) is 17.8. The molecule has 0 unspecified atom stereocenters. The van der Waals surface area contributed by atoms with E-state index < -0.39 is 0 Å². The van der Waals surface area contributed by atoms with Crippen LogP contribution in [0.2, 0.25) is 5.02 Å². The van der Waals surface area contributed by atoms with Gasteiger partial charge in [-0.25, -0.2) is 0 Å². The predicted octanol–water partition coefficient (Wildman–Crippen LogP) is 5.07. The van der Waals surface area contributed by atoms with Gasteiger partial charge in [0.15, 0.2) is 0 Å². The topological polar surface area (TPSA) is 45.0 Å². The highest BCUT2D eigenvalue weighted by Gasteiger charge is 2.02. The molecule has 0 saturated carbocycles. The van der Waals surface area contributed by atoms with Crippen molar-refractivity contribution in [3.05, 3.63) is 63.1 Å². The Balaban J connectivity index is 1.82. The summed E-state index contributed by atoms with van der Waals surface area (Å²) in [4.78, 5) is 0. The van der Waals surface area contributed by atoms with Crippen LogP contribution in [0.3, 0.4) is 0 Å². The fourth-order valence-corrected chi connectivity index (χ4v) is 2.83. The van der Waals surface area contributed by atoms with Gasteiger partial charge in [0, 0.05) is 29.0 Å². The first-order valence-corrected chi connectivity index (χ1v) is 8.59. The van der Waals surface area contributed by atoms with Crippen molar-refractivity contribution in [3.8, 4) is 11.8 Å². The van der Waals surface area contributed by atoms with Crippen molar-refractivity contribution in [1.82, 2.24) is 5.32 Å². The Morgan fingerprint density at radius 1 is 1.17 bits per heavy atom. The molecule has 0 spiro atoms. The van der Waals surface area contributed by atoms with Gasteiger partial charge in [0.1, 0.15) is 5.75 Å². The highest BCUT2D eigenvalue weighted by Crippen LogP contribution is 2.21. The van der Waals surface area contributed by atoms with Gasteiger partial charge in [0.05, 0.1) is 12.7 Å². The molecular weight excluding hydrogens is 376 g/mol. The normalized spacial score (nSPS) is 10.3. The van der Waals surface area contributed by atoms with E-state index in [0.717, 1.165) is 39.3 Å².